The fraction of sp³-hybridized carbons (Fsp3) is 0.143. The number of fused-ring (bicyclic) bond motifs is 1. The van der Waals surface area contributed by atoms with Gasteiger partial charge in [0.15, 0.2) is 16.9 Å². The van der Waals surface area contributed by atoms with Crippen molar-refractivity contribution in [1.82, 2.24) is 19.1 Å². The Bertz CT molecular complexity index is 982. The van der Waals surface area contributed by atoms with E-state index in [4.69, 9.17) is 0 Å². The molecule has 3 aromatic rings. The number of aromatic amines is 1. The van der Waals surface area contributed by atoms with Gasteiger partial charge in [0.1, 0.15) is 5.82 Å². The average molecular weight is 302 g/mol. The number of benzene rings is 1. The van der Waals surface area contributed by atoms with Crippen molar-refractivity contribution in [3.8, 4) is 0 Å². The van der Waals surface area contributed by atoms with E-state index >= 15 is 0 Å². The van der Waals surface area contributed by atoms with E-state index in [1.54, 1.807) is 0 Å². The number of Topliss-reactive ketones (excluding diaryl/α,β-unsaturated/α-hetero) is 1. The maximum atomic E-state index is 12.9. The third-order valence-corrected chi connectivity index (χ3v) is 3.36. The zero-order valence-electron chi connectivity index (χ0n) is 11.5. The summed E-state index contributed by atoms with van der Waals surface area (Å²) in [4.78, 5) is 41.7. The van der Waals surface area contributed by atoms with Crippen LogP contribution in [-0.4, -0.2) is 24.9 Å². The zero-order valence-corrected chi connectivity index (χ0v) is 11.5. The summed E-state index contributed by atoms with van der Waals surface area (Å²) in [6.07, 6.45) is 1.32. The molecule has 0 atom stereocenters. The van der Waals surface area contributed by atoms with Crippen LogP contribution in [0.3, 0.4) is 0 Å². The highest BCUT2D eigenvalue weighted by Gasteiger charge is 2.14. The van der Waals surface area contributed by atoms with Crippen LogP contribution in [-0.2, 0) is 13.6 Å². The maximum Gasteiger partial charge on any atom is 0.329 e. The van der Waals surface area contributed by atoms with Gasteiger partial charge in [0.25, 0.3) is 5.56 Å². The van der Waals surface area contributed by atoms with Gasteiger partial charge in [0, 0.05) is 12.6 Å². The number of aryl methyl sites for hydroxylation is 1. The number of nitrogens with one attached hydrogen (secondary N) is 1. The summed E-state index contributed by atoms with van der Waals surface area (Å²) in [7, 11) is 1.47. The standard InChI is InChI=1S/C14H11FN4O3/c1-18-12-11(13(21)17-14(18)22)19(7-16-12)6-10(20)8-2-4-9(15)5-3-8/h2-5,7H,6H2,1H3,(H,17,21,22). The molecule has 3 rings (SSSR count). The van der Waals surface area contributed by atoms with E-state index in [1.807, 2.05) is 0 Å². The highest BCUT2D eigenvalue weighted by atomic mass is 19.1. The lowest BCUT2D eigenvalue weighted by Crippen LogP contribution is -2.29. The lowest BCUT2D eigenvalue weighted by Gasteiger charge is -2.04. The van der Waals surface area contributed by atoms with E-state index in [-0.39, 0.29) is 23.5 Å². The molecular formula is C14H11FN4O3. The second kappa shape index (κ2) is 5.06. The molecule has 0 aliphatic rings. The van der Waals surface area contributed by atoms with Crippen molar-refractivity contribution in [2.75, 3.05) is 0 Å². The smallest absolute Gasteiger partial charge is 0.317 e. The van der Waals surface area contributed by atoms with Gasteiger partial charge in [-0.3, -0.25) is 19.1 Å². The number of hydrogen-bond acceptors (Lipinski definition) is 4. The molecule has 7 nitrogen and oxygen atoms in total. The quantitative estimate of drug-likeness (QED) is 0.711. The molecular weight excluding hydrogens is 291 g/mol. The number of imidazole rings is 1. The molecule has 112 valence electrons. The summed E-state index contributed by atoms with van der Waals surface area (Å²) in [6, 6.07) is 5.12. The van der Waals surface area contributed by atoms with Crippen LogP contribution in [0.2, 0.25) is 0 Å². The molecule has 0 radical (unpaired) electrons. The summed E-state index contributed by atoms with van der Waals surface area (Å²) in [5, 5.41) is 0. The third-order valence-electron chi connectivity index (χ3n) is 3.36. The molecule has 1 N–H and O–H groups in total. The summed E-state index contributed by atoms with van der Waals surface area (Å²) in [5.74, 6) is -0.733. The Balaban J connectivity index is 2.03. The fourth-order valence-corrected chi connectivity index (χ4v) is 2.19. The molecule has 0 fully saturated rings. The molecule has 1 aromatic carbocycles. The van der Waals surface area contributed by atoms with E-state index in [2.05, 4.69) is 9.97 Å². The van der Waals surface area contributed by atoms with Crippen LogP contribution >= 0.6 is 0 Å². The number of hydrogen-bond donors (Lipinski definition) is 1. The summed E-state index contributed by atoms with van der Waals surface area (Å²) in [6.45, 7) is -0.135. The number of carbonyl (C=O) groups excluding carboxylic acids is 1. The first-order valence-corrected chi connectivity index (χ1v) is 6.40. The average Bonchev–Trinajstić information content (AvgIpc) is 2.90. The Hall–Kier alpha value is -3.03. The minimum Gasteiger partial charge on any atom is -0.317 e. The van der Waals surface area contributed by atoms with Gasteiger partial charge in [-0.1, -0.05) is 0 Å². The van der Waals surface area contributed by atoms with Crippen molar-refractivity contribution in [2.45, 2.75) is 6.54 Å². The molecule has 22 heavy (non-hydrogen) atoms. The number of halogens is 1. The van der Waals surface area contributed by atoms with Gasteiger partial charge in [-0.2, -0.15) is 0 Å². The van der Waals surface area contributed by atoms with Gasteiger partial charge in [0.05, 0.1) is 12.9 Å². The van der Waals surface area contributed by atoms with Gasteiger partial charge >= 0.3 is 5.69 Å². The normalized spacial score (nSPS) is 11.0. The second-order valence-electron chi connectivity index (χ2n) is 4.79. The van der Waals surface area contributed by atoms with Crippen molar-refractivity contribution < 1.29 is 9.18 Å². The Labute approximate surface area is 122 Å². The summed E-state index contributed by atoms with van der Waals surface area (Å²) < 4.78 is 15.4. The Morgan fingerprint density at radius 2 is 1.95 bits per heavy atom. The van der Waals surface area contributed by atoms with Gasteiger partial charge in [-0.15, -0.1) is 0 Å². The van der Waals surface area contributed by atoms with Crippen LogP contribution in [0.5, 0.6) is 0 Å². The Morgan fingerprint density at radius 3 is 2.64 bits per heavy atom. The summed E-state index contributed by atoms with van der Waals surface area (Å²) in [5.41, 5.74) is -0.530. The lowest BCUT2D eigenvalue weighted by molar-refractivity contribution is 0.0973. The van der Waals surface area contributed by atoms with E-state index in [1.165, 1.54) is 46.8 Å². The number of nitrogens with zero attached hydrogens (tertiary/aromatic N) is 3. The predicted molar refractivity (Wildman–Crippen MR) is 76.3 cm³/mol. The topological polar surface area (TPSA) is 89.8 Å². The minimum atomic E-state index is -0.609. The molecule has 0 saturated carbocycles. The first-order chi connectivity index (χ1) is 10.5. The SMILES string of the molecule is Cn1c(=O)[nH]c(=O)c2c1ncn2CC(=O)c1ccc(F)cc1. The highest BCUT2D eigenvalue weighted by molar-refractivity contribution is 5.96. The fourth-order valence-electron chi connectivity index (χ4n) is 2.19. The second-order valence-corrected chi connectivity index (χ2v) is 4.79. The van der Waals surface area contributed by atoms with Gasteiger partial charge in [0.2, 0.25) is 0 Å². The van der Waals surface area contributed by atoms with Crippen LogP contribution in [0.4, 0.5) is 4.39 Å². The molecule has 0 aliphatic heterocycles. The molecule has 8 heteroatoms. The van der Waals surface area contributed by atoms with Gasteiger partial charge < -0.3 is 4.57 Å². The monoisotopic (exact) mass is 302 g/mol. The lowest BCUT2D eigenvalue weighted by atomic mass is 10.1. The van der Waals surface area contributed by atoms with E-state index in [9.17, 15) is 18.8 Å². The number of carbonyl (C=O) groups is 1. The van der Waals surface area contributed by atoms with Gasteiger partial charge in [-0.25, -0.2) is 14.2 Å². The van der Waals surface area contributed by atoms with Crippen molar-refractivity contribution in [1.29, 1.82) is 0 Å². The molecule has 0 unspecified atom stereocenters. The van der Waals surface area contributed by atoms with Crippen LogP contribution < -0.4 is 11.2 Å². The molecule has 0 bridgehead atoms. The summed E-state index contributed by atoms with van der Waals surface area (Å²) >= 11 is 0. The van der Waals surface area contributed by atoms with Crippen LogP contribution in [0, 0.1) is 5.82 Å². The number of ketones is 1. The molecule has 2 aromatic heterocycles. The highest BCUT2D eigenvalue weighted by Crippen LogP contribution is 2.09. The molecule has 0 saturated heterocycles. The molecule has 2 heterocycles. The Kier molecular flexibility index (Phi) is 3.21. The number of aromatic nitrogens is 4. The van der Waals surface area contributed by atoms with Crippen LogP contribution in [0.15, 0.2) is 40.2 Å². The van der Waals surface area contributed by atoms with Crippen molar-refractivity contribution in [3.05, 3.63) is 62.8 Å². The van der Waals surface area contributed by atoms with Crippen LogP contribution in [0.25, 0.3) is 11.2 Å². The van der Waals surface area contributed by atoms with E-state index < -0.39 is 17.1 Å². The molecule has 0 amide bonds. The molecule has 0 aliphatic carbocycles. The van der Waals surface area contributed by atoms with Crippen LogP contribution in [0.1, 0.15) is 10.4 Å². The van der Waals surface area contributed by atoms with Crippen molar-refractivity contribution in [3.63, 3.8) is 0 Å². The van der Waals surface area contributed by atoms with Gasteiger partial charge in [-0.05, 0) is 24.3 Å². The first kappa shape index (κ1) is 13.9. The third kappa shape index (κ3) is 2.24. The van der Waals surface area contributed by atoms with Crippen molar-refractivity contribution >= 4 is 16.9 Å². The molecule has 0 spiro atoms. The minimum absolute atomic E-state index is 0.135. The van der Waals surface area contributed by atoms with Crippen molar-refractivity contribution in [2.24, 2.45) is 7.05 Å². The predicted octanol–water partition coefficient (Wildman–Crippen LogP) is 0.445. The zero-order chi connectivity index (χ0) is 15.9. The number of H-pyrrole nitrogens is 1. The first-order valence-electron chi connectivity index (χ1n) is 6.40. The number of rotatable bonds is 3. The largest absolute Gasteiger partial charge is 0.329 e. The van der Waals surface area contributed by atoms with E-state index in [0.29, 0.717) is 5.56 Å². The maximum absolute atomic E-state index is 12.9. The Morgan fingerprint density at radius 1 is 1.27 bits per heavy atom. The van der Waals surface area contributed by atoms with E-state index in [0.717, 1.165) is 0 Å².